The summed E-state index contributed by atoms with van der Waals surface area (Å²) in [5.41, 5.74) is -0.00457. The van der Waals surface area contributed by atoms with Gasteiger partial charge >= 0.3 is 6.03 Å². The standard InChI is InChI=1S/C17H14ClFN2O2/c1-17(13-4-2-3-5-14(13)18)15(22)21(16(23)20-17)10-11-6-8-12(19)9-7-11/h2-9H,10H2,1H3,(H,20,23). The number of nitrogens with zero attached hydrogens (tertiary/aromatic N) is 1. The Morgan fingerprint density at radius 2 is 1.78 bits per heavy atom. The minimum absolute atomic E-state index is 0.0744. The van der Waals surface area contributed by atoms with Crippen LogP contribution in [0.2, 0.25) is 5.02 Å². The fraction of sp³-hybridized carbons (Fsp3) is 0.176. The van der Waals surface area contributed by atoms with Crippen LogP contribution in [-0.4, -0.2) is 16.8 Å². The van der Waals surface area contributed by atoms with Gasteiger partial charge in [0.2, 0.25) is 0 Å². The van der Waals surface area contributed by atoms with Crippen molar-refractivity contribution in [1.82, 2.24) is 10.2 Å². The first-order valence-corrected chi connectivity index (χ1v) is 7.43. The maximum atomic E-state index is 13.0. The number of halogens is 2. The third-order valence-corrected chi connectivity index (χ3v) is 4.27. The van der Waals surface area contributed by atoms with Crippen LogP contribution in [0.15, 0.2) is 48.5 Å². The van der Waals surface area contributed by atoms with Gasteiger partial charge in [-0.05, 0) is 30.7 Å². The summed E-state index contributed by atoms with van der Waals surface area (Å²) in [6, 6.07) is 12.1. The number of rotatable bonds is 3. The average Bonchev–Trinajstić information content (AvgIpc) is 2.74. The van der Waals surface area contributed by atoms with Crippen molar-refractivity contribution in [2.24, 2.45) is 0 Å². The van der Waals surface area contributed by atoms with Gasteiger partial charge in [-0.2, -0.15) is 0 Å². The summed E-state index contributed by atoms with van der Waals surface area (Å²) in [6.45, 7) is 1.70. The lowest BCUT2D eigenvalue weighted by molar-refractivity contribution is -0.131. The fourth-order valence-corrected chi connectivity index (χ4v) is 2.99. The van der Waals surface area contributed by atoms with Crippen LogP contribution in [0.5, 0.6) is 0 Å². The summed E-state index contributed by atoms with van der Waals surface area (Å²) >= 11 is 6.17. The van der Waals surface area contributed by atoms with Crippen molar-refractivity contribution in [3.63, 3.8) is 0 Å². The molecule has 4 nitrogen and oxygen atoms in total. The second kappa shape index (κ2) is 5.66. The van der Waals surface area contributed by atoms with Crippen molar-refractivity contribution in [2.75, 3.05) is 0 Å². The Hall–Kier alpha value is -2.40. The highest BCUT2D eigenvalue weighted by molar-refractivity contribution is 6.32. The second-order valence-corrected chi connectivity index (χ2v) is 5.96. The van der Waals surface area contributed by atoms with Crippen molar-refractivity contribution in [3.8, 4) is 0 Å². The fourth-order valence-electron chi connectivity index (χ4n) is 2.66. The zero-order valence-corrected chi connectivity index (χ0v) is 13.1. The van der Waals surface area contributed by atoms with Gasteiger partial charge in [0.1, 0.15) is 11.4 Å². The molecule has 1 N–H and O–H groups in total. The molecule has 0 bridgehead atoms. The minimum atomic E-state index is -1.21. The van der Waals surface area contributed by atoms with E-state index >= 15 is 0 Å². The molecule has 0 aliphatic carbocycles. The molecule has 0 spiro atoms. The maximum absolute atomic E-state index is 13.0. The number of benzene rings is 2. The van der Waals surface area contributed by atoms with E-state index in [1.165, 1.54) is 12.1 Å². The van der Waals surface area contributed by atoms with Crippen LogP contribution in [0.25, 0.3) is 0 Å². The molecule has 3 amide bonds. The van der Waals surface area contributed by atoms with E-state index in [9.17, 15) is 14.0 Å². The van der Waals surface area contributed by atoms with E-state index in [0.29, 0.717) is 16.1 Å². The van der Waals surface area contributed by atoms with E-state index in [4.69, 9.17) is 11.6 Å². The number of hydrogen-bond acceptors (Lipinski definition) is 2. The van der Waals surface area contributed by atoms with Crippen LogP contribution in [0.4, 0.5) is 9.18 Å². The number of urea groups is 1. The first-order valence-electron chi connectivity index (χ1n) is 7.05. The number of imide groups is 1. The topological polar surface area (TPSA) is 49.4 Å². The van der Waals surface area contributed by atoms with E-state index in [-0.39, 0.29) is 18.3 Å². The monoisotopic (exact) mass is 332 g/mol. The van der Waals surface area contributed by atoms with Crippen molar-refractivity contribution in [1.29, 1.82) is 0 Å². The van der Waals surface area contributed by atoms with Gasteiger partial charge in [-0.15, -0.1) is 0 Å². The molecule has 1 atom stereocenters. The Labute approximate surface area is 137 Å². The van der Waals surface area contributed by atoms with Gasteiger partial charge in [0, 0.05) is 10.6 Å². The summed E-state index contributed by atoms with van der Waals surface area (Å²) in [5, 5.41) is 3.11. The minimum Gasteiger partial charge on any atom is -0.319 e. The number of amides is 3. The predicted octanol–water partition coefficient (Wildman–Crippen LogP) is 3.45. The van der Waals surface area contributed by atoms with Crippen LogP contribution >= 0.6 is 11.6 Å². The number of carbonyl (C=O) groups is 2. The lowest BCUT2D eigenvalue weighted by Gasteiger charge is -2.23. The van der Waals surface area contributed by atoms with Crippen LogP contribution < -0.4 is 5.32 Å². The summed E-state index contributed by atoms with van der Waals surface area (Å²) in [6.07, 6.45) is 0. The highest BCUT2D eigenvalue weighted by atomic mass is 35.5. The zero-order chi connectivity index (χ0) is 16.6. The lowest BCUT2D eigenvalue weighted by atomic mass is 9.92. The van der Waals surface area contributed by atoms with Crippen molar-refractivity contribution in [3.05, 3.63) is 70.5 Å². The first-order chi connectivity index (χ1) is 10.9. The van der Waals surface area contributed by atoms with Gasteiger partial charge in [-0.25, -0.2) is 9.18 Å². The number of hydrogen-bond donors (Lipinski definition) is 1. The highest BCUT2D eigenvalue weighted by Gasteiger charge is 2.49. The molecular formula is C17H14ClFN2O2. The van der Waals surface area contributed by atoms with E-state index < -0.39 is 11.6 Å². The van der Waals surface area contributed by atoms with E-state index in [1.807, 2.05) is 0 Å². The highest BCUT2D eigenvalue weighted by Crippen LogP contribution is 2.33. The van der Waals surface area contributed by atoms with Gasteiger partial charge in [-0.3, -0.25) is 9.69 Å². The zero-order valence-electron chi connectivity index (χ0n) is 12.3. The van der Waals surface area contributed by atoms with Crippen LogP contribution in [0, 0.1) is 5.82 Å². The van der Waals surface area contributed by atoms with Gasteiger partial charge in [-0.1, -0.05) is 41.9 Å². The normalized spacial score (nSPS) is 20.7. The number of carbonyl (C=O) groups excluding carboxylic acids is 2. The molecule has 2 aromatic carbocycles. The maximum Gasteiger partial charge on any atom is 0.325 e. The molecule has 1 fully saturated rings. The Kier molecular flexibility index (Phi) is 3.82. The SMILES string of the molecule is CC1(c2ccccc2Cl)NC(=O)N(Cc2ccc(F)cc2)C1=O. The van der Waals surface area contributed by atoms with Gasteiger partial charge in [0.25, 0.3) is 5.91 Å². The molecule has 6 heteroatoms. The predicted molar refractivity (Wildman–Crippen MR) is 84.3 cm³/mol. The number of nitrogens with one attached hydrogen (secondary N) is 1. The average molecular weight is 333 g/mol. The van der Waals surface area contributed by atoms with E-state index in [0.717, 1.165) is 4.90 Å². The Morgan fingerprint density at radius 1 is 1.13 bits per heavy atom. The Balaban J connectivity index is 1.91. The Bertz CT molecular complexity index is 778. The molecule has 1 heterocycles. The molecule has 0 aromatic heterocycles. The molecule has 1 aliphatic rings. The molecule has 23 heavy (non-hydrogen) atoms. The largest absolute Gasteiger partial charge is 0.325 e. The molecule has 1 saturated heterocycles. The molecule has 1 aliphatic heterocycles. The smallest absolute Gasteiger partial charge is 0.319 e. The van der Waals surface area contributed by atoms with E-state index in [2.05, 4.69) is 5.32 Å². The molecule has 3 rings (SSSR count). The van der Waals surface area contributed by atoms with E-state index in [1.54, 1.807) is 43.3 Å². The molecule has 1 unspecified atom stereocenters. The van der Waals surface area contributed by atoms with Crippen LogP contribution in [0.3, 0.4) is 0 Å². The van der Waals surface area contributed by atoms with Gasteiger partial charge < -0.3 is 5.32 Å². The Morgan fingerprint density at radius 3 is 2.43 bits per heavy atom. The summed E-state index contributed by atoms with van der Waals surface area (Å²) in [4.78, 5) is 26.1. The summed E-state index contributed by atoms with van der Waals surface area (Å²) < 4.78 is 13.0. The molecule has 2 aromatic rings. The van der Waals surface area contributed by atoms with Gasteiger partial charge in [0.05, 0.1) is 6.54 Å². The quantitative estimate of drug-likeness (QED) is 0.875. The summed E-state index contributed by atoms with van der Waals surface area (Å²) in [5.74, 6) is -0.758. The van der Waals surface area contributed by atoms with Crippen LogP contribution in [0.1, 0.15) is 18.1 Å². The van der Waals surface area contributed by atoms with Crippen molar-refractivity contribution in [2.45, 2.75) is 19.0 Å². The first kappa shape index (κ1) is 15.5. The summed E-state index contributed by atoms with van der Waals surface area (Å²) in [7, 11) is 0. The third kappa shape index (κ3) is 2.68. The third-order valence-electron chi connectivity index (χ3n) is 3.94. The molecule has 118 valence electrons. The van der Waals surface area contributed by atoms with Crippen molar-refractivity contribution >= 4 is 23.5 Å². The van der Waals surface area contributed by atoms with Crippen molar-refractivity contribution < 1.29 is 14.0 Å². The van der Waals surface area contributed by atoms with Gasteiger partial charge in [0.15, 0.2) is 0 Å². The molecular weight excluding hydrogens is 319 g/mol. The lowest BCUT2D eigenvalue weighted by Crippen LogP contribution is -2.41. The second-order valence-electron chi connectivity index (χ2n) is 5.55. The molecule has 0 radical (unpaired) electrons. The molecule has 0 saturated carbocycles. The van der Waals surface area contributed by atoms with Crippen LogP contribution in [-0.2, 0) is 16.9 Å².